The maximum Gasteiger partial charge on any atom is 0.231 e. The molecule has 0 amide bonds. The first kappa shape index (κ1) is 14.4. The normalized spacial score (nSPS) is 12.2. The Hall–Kier alpha value is -1.63. The van der Waals surface area contributed by atoms with Crippen molar-refractivity contribution in [2.75, 3.05) is 35.6 Å². The number of hydrogen-bond acceptors (Lipinski definition) is 7. The van der Waals surface area contributed by atoms with Crippen molar-refractivity contribution in [3.63, 3.8) is 0 Å². The summed E-state index contributed by atoms with van der Waals surface area (Å²) in [6, 6.07) is 0. The van der Waals surface area contributed by atoms with E-state index in [2.05, 4.69) is 20.3 Å². The van der Waals surface area contributed by atoms with Crippen LogP contribution in [0.5, 0.6) is 0 Å². The lowest BCUT2D eigenvalue weighted by Gasteiger charge is -2.19. The summed E-state index contributed by atoms with van der Waals surface area (Å²) in [7, 11) is 0. The molecule has 0 radical (unpaired) electrons. The van der Waals surface area contributed by atoms with Gasteiger partial charge in [0.05, 0.1) is 6.10 Å². The zero-order valence-electron chi connectivity index (χ0n) is 11.2. The molecule has 0 fully saturated rings. The highest BCUT2D eigenvalue weighted by Gasteiger charge is 2.10. The summed E-state index contributed by atoms with van der Waals surface area (Å²) < 4.78 is 0. The molecule has 0 aromatic carbocycles. The van der Waals surface area contributed by atoms with Gasteiger partial charge in [0.2, 0.25) is 17.8 Å². The third kappa shape index (κ3) is 3.99. The molecule has 0 spiro atoms. The van der Waals surface area contributed by atoms with Gasteiger partial charge in [-0.3, -0.25) is 0 Å². The summed E-state index contributed by atoms with van der Waals surface area (Å²) in [6.07, 6.45) is 0.260. The number of aliphatic hydroxyl groups is 1. The van der Waals surface area contributed by atoms with E-state index in [1.807, 2.05) is 25.7 Å². The fraction of sp³-hybridized carbons (Fsp3) is 0.727. The lowest BCUT2D eigenvalue weighted by Crippen LogP contribution is -2.26. The van der Waals surface area contributed by atoms with Gasteiger partial charge in [0, 0.05) is 19.6 Å². The number of rotatable bonds is 7. The molecule has 1 aromatic rings. The molecule has 18 heavy (non-hydrogen) atoms. The molecule has 0 saturated carbocycles. The van der Waals surface area contributed by atoms with E-state index in [-0.39, 0.29) is 5.95 Å². The topological polar surface area (TPSA) is 100 Å². The van der Waals surface area contributed by atoms with E-state index in [1.165, 1.54) is 0 Å². The molecule has 4 N–H and O–H groups in total. The first-order valence-corrected chi connectivity index (χ1v) is 6.29. The number of anilines is 3. The predicted molar refractivity (Wildman–Crippen MR) is 72.6 cm³/mol. The molecule has 0 aliphatic rings. The fourth-order valence-electron chi connectivity index (χ4n) is 1.46. The van der Waals surface area contributed by atoms with Crippen molar-refractivity contribution in [3.8, 4) is 0 Å². The first-order chi connectivity index (χ1) is 8.60. The number of nitrogen functional groups attached to an aromatic ring is 1. The Balaban J connectivity index is 2.80. The van der Waals surface area contributed by atoms with Crippen molar-refractivity contribution >= 4 is 17.8 Å². The highest BCUT2D eigenvalue weighted by molar-refractivity contribution is 5.41. The van der Waals surface area contributed by atoms with Crippen molar-refractivity contribution in [2.24, 2.45) is 0 Å². The Bertz CT molecular complexity index is 369. The number of nitrogens with two attached hydrogens (primary N) is 1. The molecular weight excluding hydrogens is 232 g/mol. The van der Waals surface area contributed by atoms with E-state index in [4.69, 9.17) is 5.73 Å². The Morgan fingerprint density at radius 3 is 2.44 bits per heavy atom. The summed E-state index contributed by atoms with van der Waals surface area (Å²) in [5.74, 6) is 1.14. The molecule has 1 rings (SSSR count). The molecule has 7 nitrogen and oxygen atoms in total. The maximum atomic E-state index is 9.48. The number of nitrogens with one attached hydrogen (secondary N) is 1. The number of aromatic nitrogens is 3. The van der Waals surface area contributed by atoms with Gasteiger partial charge in [-0.15, -0.1) is 0 Å². The molecule has 1 atom stereocenters. The summed E-state index contributed by atoms with van der Waals surface area (Å²) in [4.78, 5) is 14.4. The molecule has 102 valence electrons. The Kier molecular flexibility index (Phi) is 5.57. The van der Waals surface area contributed by atoms with Gasteiger partial charge in [0.25, 0.3) is 0 Å². The highest BCUT2D eigenvalue weighted by atomic mass is 16.3. The van der Waals surface area contributed by atoms with E-state index in [0.717, 1.165) is 13.1 Å². The zero-order chi connectivity index (χ0) is 13.5. The zero-order valence-corrected chi connectivity index (χ0v) is 11.2. The smallest absolute Gasteiger partial charge is 0.231 e. The van der Waals surface area contributed by atoms with Crippen LogP contribution in [0.15, 0.2) is 0 Å². The minimum Gasteiger partial charge on any atom is -0.391 e. The van der Waals surface area contributed by atoms with Crippen molar-refractivity contribution in [1.82, 2.24) is 15.0 Å². The number of hydrogen-bond donors (Lipinski definition) is 3. The maximum absolute atomic E-state index is 9.48. The standard InChI is InChI=1S/C11H22N6O/c1-4-8(18)7-13-10-14-9(12)15-11(16-10)17(5-2)6-3/h8,18H,4-7H2,1-3H3,(H3,12,13,14,15,16). The second-order valence-electron chi connectivity index (χ2n) is 3.93. The van der Waals surface area contributed by atoms with Crippen molar-refractivity contribution in [2.45, 2.75) is 33.3 Å². The SMILES string of the molecule is CCC(O)CNc1nc(N)nc(N(CC)CC)n1. The van der Waals surface area contributed by atoms with Crippen LogP contribution in [-0.4, -0.2) is 45.8 Å². The van der Waals surface area contributed by atoms with E-state index < -0.39 is 6.10 Å². The molecule has 0 aliphatic carbocycles. The molecule has 0 bridgehead atoms. The van der Waals surface area contributed by atoms with E-state index >= 15 is 0 Å². The molecule has 1 heterocycles. The predicted octanol–water partition coefficient (Wildman–Crippen LogP) is 0.483. The Labute approximate surface area is 107 Å². The van der Waals surface area contributed by atoms with Crippen molar-refractivity contribution in [1.29, 1.82) is 0 Å². The summed E-state index contributed by atoms with van der Waals surface area (Å²) in [5.41, 5.74) is 5.65. The Morgan fingerprint density at radius 2 is 1.89 bits per heavy atom. The quantitative estimate of drug-likeness (QED) is 0.650. The van der Waals surface area contributed by atoms with Gasteiger partial charge in [-0.2, -0.15) is 15.0 Å². The third-order valence-electron chi connectivity index (χ3n) is 2.65. The van der Waals surface area contributed by atoms with Crippen LogP contribution in [0.1, 0.15) is 27.2 Å². The highest BCUT2D eigenvalue weighted by Crippen LogP contribution is 2.11. The van der Waals surface area contributed by atoms with Gasteiger partial charge < -0.3 is 21.1 Å². The molecule has 7 heteroatoms. The van der Waals surface area contributed by atoms with Crippen LogP contribution >= 0.6 is 0 Å². The molecule has 1 unspecified atom stereocenters. The minimum absolute atomic E-state index is 0.181. The van der Waals surface area contributed by atoms with Crippen molar-refractivity contribution in [3.05, 3.63) is 0 Å². The molecular formula is C11H22N6O. The summed E-state index contributed by atoms with van der Waals surface area (Å²) in [6.45, 7) is 7.97. The average molecular weight is 254 g/mol. The van der Waals surface area contributed by atoms with E-state index in [9.17, 15) is 5.11 Å². The largest absolute Gasteiger partial charge is 0.391 e. The van der Waals surface area contributed by atoms with Gasteiger partial charge in [-0.1, -0.05) is 6.92 Å². The lowest BCUT2D eigenvalue weighted by molar-refractivity contribution is 0.183. The second-order valence-corrected chi connectivity index (χ2v) is 3.93. The second kappa shape index (κ2) is 6.95. The van der Waals surface area contributed by atoms with Gasteiger partial charge >= 0.3 is 0 Å². The lowest BCUT2D eigenvalue weighted by atomic mass is 10.3. The van der Waals surface area contributed by atoms with Gasteiger partial charge in [-0.05, 0) is 20.3 Å². The summed E-state index contributed by atoms with van der Waals surface area (Å²) >= 11 is 0. The molecule has 1 aromatic heterocycles. The molecule has 0 aliphatic heterocycles. The van der Waals surface area contributed by atoms with Crippen LogP contribution in [0.4, 0.5) is 17.8 Å². The summed E-state index contributed by atoms with van der Waals surface area (Å²) in [5, 5.41) is 12.4. The van der Waals surface area contributed by atoms with E-state index in [0.29, 0.717) is 24.9 Å². The average Bonchev–Trinajstić information content (AvgIpc) is 2.37. The Morgan fingerprint density at radius 1 is 1.22 bits per heavy atom. The fourth-order valence-corrected chi connectivity index (χ4v) is 1.46. The van der Waals surface area contributed by atoms with Crippen molar-refractivity contribution < 1.29 is 5.11 Å². The van der Waals surface area contributed by atoms with Crippen LogP contribution in [-0.2, 0) is 0 Å². The van der Waals surface area contributed by atoms with Crippen LogP contribution < -0.4 is 16.0 Å². The number of nitrogens with zero attached hydrogens (tertiary/aromatic N) is 4. The molecule has 0 saturated heterocycles. The first-order valence-electron chi connectivity index (χ1n) is 6.29. The van der Waals surface area contributed by atoms with Gasteiger partial charge in [0.15, 0.2) is 0 Å². The van der Waals surface area contributed by atoms with Crippen LogP contribution in [0.3, 0.4) is 0 Å². The van der Waals surface area contributed by atoms with Gasteiger partial charge in [-0.25, -0.2) is 0 Å². The van der Waals surface area contributed by atoms with Gasteiger partial charge in [0.1, 0.15) is 0 Å². The third-order valence-corrected chi connectivity index (χ3v) is 2.65. The monoisotopic (exact) mass is 254 g/mol. The van der Waals surface area contributed by atoms with Crippen LogP contribution in [0, 0.1) is 0 Å². The minimum atomic E-state index is -0.417. The van der Waals surface area contributed by atoms with Crippen LogP contribution in [0.2, 0.25) is 0 Å². The van der Waals surface area contributed by atoms with E-state index in [1.54, 1.807) is 0 Å². The number of aliphatic hydroxyl groups excluding tert-OH is 1. The van der Waals surface area contributed by atoms with Crippen LogP contribution in [0.25, 0.3) is 0 Å².